The minimum atomic E-state index is -2.04. The molecule has 1 aliphatic rings. The fraction of sp³-hybridized carbons (Fsp3) is 0.667. The van der Waals surface area contributed by atoms with E-state index in [-0.39, 0.29) is 17.4 Å². The summed E-state index contributed by atoms with van der Waals surface area (Å²) in [4.78, 5) is 12.1. The van der Waals surface area contributed by atoms with Gasteiger partial charge >= 0.3 is 0 Å². The molecule has 0 aromatic rings. The Labute approximate surface area is 127 Å². The summed E-state index contributed by atoms with van der Waals surface area (Å²) < 4.78 is -2.04. The molecule has 0 aromatic heterocycles. The highest BCUT2D eigenvalue weighted by Crippen LogP contribution is 2.31. The normalized spacial score (nSPS) is 18.7. The standard InChI is InChI=1S/C12H17Cl3N2O2/c1-7(18)9(10(16)12(13,14)15)11(19)17-8-5-3-2-4-6-8/h8,16,18H,2-6H2,1H3,(H,17,19). The molecular formula is C12H17Cl3N2O2. The largest absolute Gasteiger partial charge is 0.512 e. The van der Waals surface area contributed by atoms with E-state index in [1.165, 1.54) is 6.92 Å². The maximum atomic E-state index is 12.1. The number of aliphatic hydroxyl groups is 1. The zero-order valence-electron chi connectivity index (χ0n) is 10.6. The molecule has 0 radical (unpaired) electrons. The van der Waals surface area contributed by atoms with Gasteiger partial charge in [-0.25, -0.2) is 0 Å². The molecule has 0 saturated heterocycles. The summed E-state index contributed by atoms with van der Waals surface area (Å²) in [6.45, 7) is 1.29. The third kappa shape index (κ3) is 4.86. The summed E-state index contributed by atoms with van der Waals surface area (Å²) in [6.07, 6.45) is 5.07. The number of carbonyl (C=O) groups is 1. The summed E-state index contributed by atoms with van der Waals surface area (Å²) in [5, 5.41) is 20.0. The van der Waals surface area contributed by atoms with E-state index in [0.29, 0.717) is 0 Å². The Bertz CT molecular complexity index is 392. The minimum absolute atomic E-state index is 0.0544. The van der Waals surface area contributed by atoms with Crippen LogP contribution in [0.3, 0.4) is 0 Å². The van der Waals surface area contributed by atoms with Crippen LogP contribution in [-0.2, 0) is 4.79 Å². The molecule has 0 bridgehead atoms. The van der Waals surface area contributed by atoms with Crippen molar-refractivity contribution in [1.82, 2.24) is 5.32 Å². The second kappa shape index (κ2) is 6.82. The van der Waals surface area contributed by atoms with Crippen LogP contribution in [0, 0.1) is 5.41 Å². The Hall–Kier alpha value is -0.450. The van der Waals surface area contributed by atoms with E-state index in [0.717, 1.165) is 32.1 Å². The van der Waals surface area contributed by atoms with Crippen LogP contribution in [0.1, 0.15) is 39.0 Å². The molecular weight excluding hydrogens is 311 g/mol. The first-order chi connectivity index (χ1) is 8.73. The van der Waals surface area contributed by atoms with Gasteiger partial charge in [0.15, 0.2) is 0 Å². The number of alkyl halides is 3. The van der Waals surface area contributed by atoms with Crippen LogP contribution < -0.4 is 5.32 Å². The topological polar surface area (TPSA) is 73.2 Å². The minimum Gasteiger partial charge on any atom is -0.512 e. The van der Waals surface area contributed by atoms with Crippen LogP contribution in [-0.4, -0.2) is 26.6 Å². The van der Waals surface area contributed by atoms with Gasteiger partial charge in [0, 0.05) is 6.04 Å². The summed E-state index contributed by atoms with van der Waals surface area (Å²) in [5.74, 6) is -0.896. The van der Waals surface area contributed by atoms with Crippen molar-refractivity contribution < 1.29 is 9.90 Å². The monoisotopic (exact) mass is 326 g/mol. The van der Waals surface area contributed by atoms with Crippen LogP contribution in [0.2, 0.25) is 0 Å². The van der Waals surface area contributed by atoms with Crippen molar-refractivity contribution in [1.29, 1.82) is 5.41 Å². The van der Waals surface area contributed by atoms with Gasteiger partial charge in [-0.1, -0.05) is 54.1 Å². The number of amides is 1. The Kier molecular flexibility index (Phi) is 5.96. The fourth-order valence-electron chi connectivity index (χ4n) is 2.10. The molecule has 1 amide bonds. The molecule has 1 rings (SSSR count). The Morgan fingerprint density at radius 2 is 1.79 bits per heavy atom. The van der Waals surface area contributed by atoms with Gasteiger partial charge in [-0.05, 0) is 19.8 Å². The first-order valence-electron chi connectivity index (χ1n) is 6.10. The van der Waals surface area contributed by atoms with Crippen molar-refractivity contribution in [3.05, 3.63) is 11.3 Å². The van der Waals surface area contributed by atoms with Gasteiger partial charge < -0.3 is 10.4 Å². The highest BCUT2D eigenvalue weighted by atomic mass is 35.6. The smallest absolute Gasteiger partial charge is 0.256 e. The van der Waals surface area contributed by atoms with Crippen LogP contribution >= 0.6 is 34.8 Å². The Morgan fingerprint density at radius 1 is 1.26 bits per heavy atom. The van der Waals surface area contributed by atoms with E-state index in [1.807, 2.05) is 0 Å². The van der Waals surface area contributed by atoms with E-state index in [9.17, 15) is 9.90 Å². The van der Waals surface area contributed by atoms with Gasteiger partial charge in [0.25, 0.3) is 5.91 Å². The number of rotatable bonds is 3. The zero-order valence-corrected chi connectivity index (χ0v) is 12.9. The molecule has 0 atom stereocenters. The molecule has 108 valence electrons. The first-order valence-corrected chi connectivity index (χ1v) is 7.23. The Balaban J connectivity index is 2.80. The van der Waals surface area contributed by atoms with Gasteiger partial charge in [0.1, 0.15) is 11.3 Å². The van der Waals surface area contributed by atoms with Crippen molar-refractivity contribution in [2.75, 3.05) is 0 Å². The lowest BCUT2D eigenvalue weighted by Gasteiger charge is -2.24. The van der Waals surface area contributed by atoms with E-state index >= 15 is 0 Å². The molecule has 1 fully saturated rings. The van der Waals surface area contributed by atoms with Crippen LogP contribution in [0.15, 0.2) is 11.3 Å². The lowest BCUT2D eigenvalue weighted by atomic mass is 9.95. The average molecular weight is 328 g/mol. The van der Waals surface area contributed by atoms with Crippen molar-refractivity contribution >= 4 is 46.4 Å². The molecule has 1 saturated carbocycles. The number of hydrogen-bond donors (Lipinski definition) is 3. The predicted molar refractivity (Wildman–Crippen MR) is 78.4 cm³/mol. The summed E-state index contributed by atoms with van der Waals surface area (Å²) in [5.41, 5.74) is -0.795. The molecule has 3 N–H and O–H groups in total. The molecule has 0 spiro atoms. The summed E-state index contributed by atoms with van der Waals surface area (Å²) in [6, 6.07) is 0.0544. The number of allylic oxidation sites excluding steroid dienone is 1. The second-order valence-electron chi connectivity index (χ2n) is 4.64. The molecule has 0 heterocycles. The summed E-state index contributed by atoms with van der Waals surface area (Å²) >= 11 is 16.8. The van der Waals surface area contributed by atoms with Gasteiger partial charge in [-0.3, -0.25) is 10.2 Å². The SMILES string of the molecule is CC(O)=C(C(=N)C(Cl)(Cl)Cl)C(=O)NC1CCCCC1. The van der Waals surface area contributed by atoms with Crippen LogP contribution in [0.25, 0.3) is 0 Å². The molecule has 7 heteroatoms. The highest BCUT2D eigenvalue weighted by Gasteiger charge is 2.34. The molecule has 0 unspecified atom stereocenters. The molecule has 4 nitrogen and oxygen atoms in total. The van der Waals surface area contributed by atoms with Gasteiger partial charge in [0.2, 0.25) is 3.79 Å². The van der Waals surface area contributed by atoms with Crippen molar-refractivity contribution in [2.45, 2.75) is 48.9 Å². The molecule has 0 aromatic carbocycles. The second-order valence-corrected chi connectivity index (χ2v) is 6.92. The quantitative estimate of drug-likeness (QED) is 0.320. The highest BCUT2D eigenvalue weighted by molar-refractivity contribution is 6.78. The maximum absolute atomic E-state index is 12.1. The number of halogens is 3. The van der Waals surface area contributed by atoms with E-state index in [2.05, 4.69) is 5.32 Å². The zero-order chi connectivity index (χ0) is 14.6. The summed E-state index contributed by atoms with van der Waals surface area (Å²) in [7, 11) is 0. The van der Waals surface area contributed by atoms with Crippen LogP contribution in [0.5, 0.6) is 0 Å². The van der Waals surface area contributed by atoms with Crippen molar-refractivity contribution in [3.8, 4) is 0 Å². The molecule has 0 aliphatic heterocycles. The molecule has 19 heavy (non-hydrogen) atoms. The third-order valence-electron chi connectivity index (χ3n) is 3.06. The average Bonchev–Trinajstić information content (AvgIpc) is 2.28. The first kappa shape index (κ1) is 16.6. The maximum Gasteiger partial charge on any atom is 0.256 e. The third-order valence-corrected chi connectivity index (χ3v) is 3.63. The van der Waals surface area contributed by atoms with E-state index in [1.54, 1.807) is 0 Å². The van der Waals surface area contributed by atoms with Gasteiger partial charge in [-0.2, -0.15) is 0 Å². The van der Waals surface area contributed by atoms with Gasteiger partial charge in [-0.15, -0.1) is 0 Å². The van der Waals surface area contributed by atoms with Crippen molar-refractivity contribution in [2.24, 2.45) is 0 Å². The number of aliphatic hydroxyl groups excluding tert-OH is 1. The number of carbonyl (C=O) groups excluding carboxylic acids is 1. The predicted octanol–water partition coefficient (Wildman–Crippen LogP) is 3.66. The lowest BCUT2D eigenvalue weighted by molar-refractivity contribution is -0.118. The Morgan fingerprint density at radius 3 is 2.21 bits per heavy atom. The van der Waals surface area contributed by atoms with E-state index < -0.39 is 15.4 Å². The molecule has 1 aliphatic carbocycles. The number of hydrogen-bond acceptors (Lipinski definition) is 3. The van der Waals surface area contributed by atoms with E-state index in [4.69, 9.17) is 40.2 Å². The van der Waals surface area contributed by atoms with Gasteiger partial charge in [0.05, 0.1) is 5.71 Å². The lowest BCUT2D eigenvalue weighted by Crippen LogP contribution is -2.40. The number of nitrogens with one attached hydrogen (secondary N) is 2. The fourth-order valence-corrected chi connectivity index (χ4v) is 2.39. The van der Waals surface area contributed by atoms with Crippen LogP contribution in [0.4, 0.5) is 0 Å². The van der Waals surface area contributed by atoms with Crippen molar-refractivity contribution in [3.63, 3.8) is 0 Å².